The number of rotatable bonds is 2. The van der Waals surface area contributed by atoms with Gasteiger partial charge in [0.2, 0.25) is 5.78 Å². The number of fused-ring (bicyclic) bond motifs is 1. The minimum atomic E-state index is -4.39. The van der Waals surface area contributed by atoms with Gasteiger partial charge in [0, 0.05) is 17.7 Å². The lowest BCUT2D eigenvalue weighted by Crippen LogP contribution is -2.23. The fourth-order valence-electron chi connectivity index (χ4n) is 2.73. The number of hydrogen-bond donors (Lipinski definition) is 0. The molecule has 118 valence electrons. The quantitative estimate of drug-likeness (QED) is 0.762. The Bertz CT molecular complexity index is 806. The first-order valence-corrected chi connectivity index (χ1v) is 7.23. The van der Waals surface area contributed by atoms with Gasteiger partial charge in [-0.1, -0.05) is 30.3 Å². The lowest BCUT2D eigenvalue weighted by Gasteiger charge is -2.18. The lowest BCUT2D eigenvalue weighted by atomic mass is 9.90. The first-order chi connectivity index (χ1) is 10.9. The molecule has 0 amide bonds. The Labute approximate surface area is 131 Å². The molecule has 1 aliphatic rings. The van der Waals surface area contributed by atoms with Crippen molar-refractivity contribution in [3.63, 3.8) is 0 Å². The molecule has 0 radical (unpaired) electrons. The number of benzene rings is 2. The summed E-state index contributed by atoms with van der Waals surface area (Å²) in [6, 6.07) is 10.6. The van der Waals surface area contributed by atoms with Crippen LogP contribution in [0.15, 0.2) is 47.5 Å². The number of alkyl halides is 3. The van der Waals surface area contributed by atoms with E-state index in [-0.39, 0.29) is 11.5 Å². The number of halogens is 3. The van der Waals surface area contributed by atoms with Crippen molar-refractivity contribution in [2.75, 3.05) is 6.54 Å². The van der Waals surface area contributed by atoms with Gasteiger partial charge in [-0.15, -0.1) is 0 Å². The van der Waals surface area contributed by atoms with E-state index in [1.807, 2.05) is 19.1 Å². The van der Waals surface area contributed by atoms with Gasteiger partial charge in [-0.2, -0.15) is 13.2 Å². The Kier molecular flexibility index (Phi) is 3.80. The van der Waals surface area contributed by atoms with Crippen LogP contribution < -0.4 is 0 Å². The van der Waals surface area contributed by atoms with E-state index in [1.165, 1.54) is 6.07 Å². The van der Waals surface area contributed by atoms with Gasteiger partial charge in [0.25, 0.3) is 0 Å². The molecule has 0 aromatic heterocycles. The molecular weight excluding hydrogens is 303 g/mol. The molecule has 0 unspecified atom stereocenters. The molecule has 1 aliphatic heterocycles. The largest absolute Gasteiger partial charge is 0.416 e. The van der Waals surface area contributed by atoms with Gasteiger partial charge in [-0.25, -0.2) is 0 Å². The summed E-state index contributed by atoms with van der Waals surface area (Å²) in [4.78, 5) is 17.0. The van der Waals surface area contributed by atoms with Gasteiger partial charge in [0.1, 0.15) is 5.71 Å². The van der Waals surface area contributed by atoms with Crippen molar-refractivity contribution in [2.45, 2.75) is 19.5 Å². The highest BCUT2D eigenvalue weighted by Gasteiger charge is 2.32. The number of carbonyl (C=O) groups is 1. The zero-order chi connectivity index (χ0) is 16.6. The smallest absolute Gasteiger partial charge is 0.287 e. The molecule has 0 aliphatic carbocycles. The summed E-state index contributed by atoms with van der Waals surface area (Å²) >= 11 is 0. The highest BCUT2D eigenvalue weighted by molar-refractivity contribution is 6.52. The van der Waals surface area contributed by atoms with Gasteiger partial charge < -0.3 is 0 Å². The third kappa shape index (κ3) is 2.91. The van der Waals surface area contributed by atoms with E-state index in [9.17, 15) is 18.0 Å². The van der Waals surface area contributed by atoms with Crippen LogP contribution in [0.5, 0.6) is 0 Å². The Hall–Kier alpha value is -2.43. The van der Waals surface area contributed by atoms with Crippen LogP contribution in [-0.4, -0.2) is 18.0 Å². The van der Waals surface area contributed by atoms with E-state index in [0.29, 0.717) is 29.7 Å². The minimum Gasteiger partial charge on any atom is -0.287 e. The molecule has 3 rings (SSSR count). The standard InChI is InChI=1S/C18H14F3NO/c1-11-4-2-3-5-14(11)17(23)16-15-7-6-13(18(19,20)21)10-12(15)8-9-22-16/h2-7,10H,8-9H2,1H3. The molecule has 2 nitrogen and oxygen atoms in total. The highest BCUT2D eigenvalue weighted by atomic mass is 19.4. The van der Waals surface area contributed by atoms with E-state index < -0.39 is 11.7 Å². The van der Waals surface area contributed by atoms with Gasteiger partial charge in [0.05, 0.1) is 5.56 Å². The summed E-state index contributed by atoms with van der Waals surface area (Å²) in [5, 5.41) is 0. The van der Waals surface area contributed by atoms with Gasteiger partial charge in [-0.05, 0) is 36.6 Å². The first kappa shape index (κ1) is 15.5. The number of nitrogens with zero attached hydrogens (tertiary/aromatic N) is 1. The number of Topliss-reactive ketones (excluding diaryl/α,β-unsaturated/α-hetero) is 1. The average molecular weight is 317 g/mol. The summed E-state index contributed by atoms with van der Waals surface area (Å²) in [5.74, 6) is -0.246. The molecule has 2 aromatic rings. The molecule has 0 atom stereocenters. The SMILES string of the molecule is Cc1ccccc1C(=O)C1=NCCc2cc(C(F)(F)F)ccc21. The van der Waals surface area contributed by atoms with Gasteiger partial charge in [0.15, 0.2) is 0 Å². The molecule has 23 heavy (non-hydrogen) atoms. The number of aliphatic imine (C=N–C) groups is 1. The van der Waals surface area contributed by atoms with Gasteiger partial charge >= 0.3 is 6.18 Å². The predicted molar refractivity (Wildman–Crippen MR) is 82.1 cm³/mol. The van der Waals surface area contributed by atoms with E-state index in [2.05, 4.69) is 4.99 Å². The maximum atomic E-state index is 12.8. The second kappa shape index (κ2) is 5.65. The van der Waals surface area contributed by atoms with Crippen LogP contribution in [0.2, 0.25) is 0 Å². The summed E-state index contributed by atoms with van der Waals surface area (Å²) in [5.41, 5.74) is 1.91. The van der Waals surface area contributed by atoms with E-state index in [0.717, 1.165) is 17.7 Å². The van der Waals surface area contributed by atoms with Crippen molar-refractivity contribution in [3.8, 4) is 0 Å². The molecule has 0 N–H and O–H groups in total. The number of aryl methyl sites for hydroxylation is 1. The Morgan fingerprint density at radius 3 is 2.57 bits per heavy atom. The Morgan fingerprint density at radius 1 is 1.13 bits per heavy atom. The van der Waals surface area contributed by atoms with Crippen molar-refractivity contribution in [3.05, 3.63) is 70.3 Å². The highest BCUT2D eigenvalue weighted by Crippen LogP contribution is 2.32. The van der Waals surface area contributed by atoms with Crippen molar-refractivity contribution in [2.24, 2.45) is 4.99 Å². The monoisotopic (exact) mass is 317 g/mol. The molecule has 0 spiro atoms. The molecule has 0 bridgehead atoms. The molecule has 1 heterocycles. The van der Waals surface area contributed by atoms with Crippen LogP contribution in [0, 0.1) is 6.92 Å². The minimum absolute atomic E-state index is 0.245. The van der Waals surface area contributed by atoms with Crippen LogP contribution in [0.25, 0.3) is 0 Å². The summed E-state index contributed by atoms with van der Waals surface area (Å²) in [6.45, 7) is 2.14. The van der Waals surface area contributed by atoms with Crippen molar-refractivity contribution >= 4 is 11.5 Å². The summed E-state index contributed by atoms with van der Waals surface area (Å²) in [6.07, 6.45) is -3.98. The topological polar surface area (TPSA) is 29.4 Å². The maximum Gasteiger partial charge on any atom is 0.416 e. The Balaban J connectivity index is 2.03. The molecular formula is C18H14F3NO. The van der Waals surface area contributed by atoms with E-state index >= 15 is 0 Å². The van der Waals surface area contributed by atoms with Crippen molar-refractivity contribution < 1.29 is 18.0 Å². The summed E-state index contributed by atoms with van der Waals surface area (Å²) in [7, 11) is 0. The van der Waals surface area contributed by atoms with Crippen LogP contribution in [-0.2, 0) is 12.6 Å². The second-order valence-corrected chi connectivity index (χ2v) is 5.49. The van der Waals surface area contributed by atoms with E-state index in [4.69, 9.17) is 0 Å². The maximum absolute atomic E-state index is 12.8. The molecule has 0 saturated carbocycles. The molecule has 0 saturated heterocycles. The zero-order valence-corrected chi connectivity index (χ0v) is 12.4. The van der Waals surface area contributed by atoms with Gasteiger partial charge in [-0.3, -0.25) is 9.79 Å². The first-order valence-electron chi connectivity index (χ1n) is 7.23. The summed E-state index contributed by atoms with van der Waals surface area (Å²) < 4.78 is 38.5. The predicted octanol–water partition coefficient (Wildman–Crippen LogP) is 4.24. The van der Waals surface area contributed by atoms with Crippen LogP contribution in [0.3, 0.4) is 0 Å². The van der Waals surface area contributed by atoms with Crippen LogP contribution in [0.1, 0.15) is 32.6 Å². The third-order valence-electron chi connectivity index (χ3n) is 3.94. The van der Waals surface area contributed by atoms with Crippen molar-refractivity contribution in [1.82, 2.24) is 0 Å². The Morgan fingerprint density at radius 2 is 1.87 bits per heavy atom. The number of carbonyl (C=O) groups excluding carboxylic acids is 1. The average Bonchev–Trinajstić information content (AvgIpc) is 2.53. The van der Waals surface area contributed by atoms with Crippen LogP contribution in [0.4, 0.5) is 13.2 Å². The molecule has 0 fully saturated rings. The number of hydrogen-bond acceptors (Lipinski definition) is 2. The normalized spacial score (nSPS) is 14.2. The molecule has 5 heteroatoms. The number of ketones is 1. The zero-order valence-electron chi connectivity index (χ0n) is 12.4. The fourth-order valence-corrected chi connectivity index (χ4v) is 2.73. The van der Waals surface area contributed by atoms with E-state index in [1.54, 1.807) is 12.1 Å². The molecule has 2 aromatic carbocycles. The lowest BCUT2D eigenvalue weighted by molar-refractivity contribution is -0.137. The van der Waals surface area contributed by atoms with Crippen molar-refractivity contribution in [1.29, 1.82) is 0 Å². The third-order valence-corrected chi connectivity index (χ3v) is 3.94. The van der Waals surface area contributed by atoms with Crippen LogP contribution >= 0.6 is 0 Å². The fraction of sp³-hybridized carbons (Fsp3) is 0.222. The second-order valence-electron chi connectivity index (χ2n) is 5.49.